The van der Waals surface area contributed by atoms with Gasteiger partial charge in [0.15, 0.2) is 0 Å². The molecule has 3 rings (SSSR count). The van der Waals surface area contributed by atoms with E-state index in [4.69, 9.17) is 5.11 Å². The van der Waals surface area contributed by atoms with Gasteiger partial charge < -0.3 is 10.2 Å². The van der Waals surface area contributed by atoms with E-state index in [0.717, 1.165) is 10.6 Å². The van der Waals surface area contributed by atoms with Gasteiger partial charge in [-0.05, 0) is 25.0 Å². The third-order valence-corrected chi connectivity index (χ3v) is 4.27. The molecule has 7 nitrogen and oxygen atoms in total. The van der Waals surface area contributed by atoms with Crippen LogP contribution in [0.5, 0.6) is 0 Å². The lowest BCUT2D eigenvalue weighted by Gasteiger charge is -2.20. The average Bonchev–Trinajstić information content (AvgIpc) is 2.77. The number of carboxylic acid groups (broad SMARTS) is 2. The van der Waals surface area contributed by atoms with Crippen molar-refractivity contribution in [3.05, 3.63) is 24.5 Å². The van der Waals surface area contributed by atoms with Crippen LogP contribution in [0.1, 0.15) is 18.5 Å². The number of aromatic nitrogens is 2. The summed E-state index contributed by atoms with van der Waals surface area (Å²) in [6.07, 6.45) is 3.33. The first-order chi connectivity index (χ1) is 9.47. The highest BCUT2D eigenvalue weighted by molar-refractivity contribution is 5.81. The van der Waals surface area contributed by atoms with Crippen LogP contribution >= 0.6 is 0 Å². The number of piperidine rings is 1. The SMILES string of the molecule is C=Cc1ccn(C[C@@]23C[C@@H](C(=O)O)N(C(=O)O)[C@@H]2C3)n1. The van der Waals surface area contributed by atoms with Crippen LogP contribution in [-0.4, -0.2) is 49.0 Å². The number of aliphatic carboxylic acids is 1. The van der Waals surface area contributed by atoms with Gasteiger partial charge in [-0.15, -0.1) is 0 Å². The Morgan fingerprint density at radius 3 is 2.75 bits per heavy atom. The molecule has 2 heterocycles. The molecule has 2 N–H and O–H groups in total. The summed E-state index contributed by atoms with van der Waals surface area (Å²) in [4.78, 5) is 23.5. The molecule has 1 aromatic rings. The van der Waals surface area contributed by atoms with E-state index in [1.165, 1.54) is 0 Å². The minimum Gasteiger partial charge on any atom is -0.480 e. The maximum atomic E-state index is 11.2. The Kier molecular flexibility index (Phi) is 2.60. The molecule has 1 aromatic heterocycles. The van der Waals surface area contributed by atoms with Crippen molar-refractivity contribution < 1.29 is 19.8 Å². The maximum Gasteiger partial charge on any atom is 0.408 e. The summed E-state index contributed by atoms with van der Waals surface area (Å²) in [6.45, 7) is 4.18. The molecule has 1 amide bonds. The highest BCUT2D eigenvalue weighted by atomic mass is 16.4. The minimum absolute atomic E-state index is 0.211. The van der Waals surface area contributed by atoms with Crippen LogP contribution in [0, 0.1) is 5.41 Å². The number of hydrogen-bond donors (Lipinski definition) is 2. The molecule has 3 atom stereocenters. The molecule has 0 aromatic carbocycles. The Morgan fingerprint density at radius 2 is 2.25 bits per heavy atom. The lowest BCUT2D eigenvalue weighted by Crippen LogP contribution is -2.42. The zero-order valence-electron chi connectivity index (χ0n) is 10.8. The standard InChI is InChI=1S/C13H15N3O4/c1-2-8-3-4-15(14-8)7-13-5-9(11(17)18)16(12(19)20)10(13)6-13/h2-4,9-10H,1,5-7H2,(H,17,18)(H,19,20)/t9-,10+,13-/m0/s1. The van der Waals surface area contributed by atoms with Crippen LogP contribution in [-0.2, 0) is 11.3 Å². The summed E-state index contributed by atoms with van der Waals surface area (Å²) in [5.41, 5.74) is 0.466. The lowest BCUT2D eigenvalue weighted by atomic mass is 10.00. The average molecular weight is 277 g/mol. The Bertz CT molecular complexity index is 596. The van der Waals surface area contributed by atoms with Gasteiger partial charge in [-0.1, -0.05) is 6.58 Å². The molecule has 7 heteroatoms. The lowest BCUT2D eigenvalue weighted by molar-refractivity contribution is -0.142. The second kappa shape index (κ2) is 4.09. The summed E-state index contributed by atoms with van der Waals surface area (Å²) >= 11 is 0. The van der Waals surface area contributed by atoms with Crippen LogP contribution in [0.3, 0.4) is 0 Å². The Hall–Kier alpha value is -2.31. The zero-order chi connectivity index (χ0) is 14.5. The molecule has 1 aliphatic heterocycles. The second-order valence-electron chi connectivity index (χ2n) is 5.47. The molecule has 1 saturated carbocycles. The molecule has 2 aliphatic rings. The fourth-order valence-electron chi connectivity index (χ4n) is 3.24. The summed E-state index contributed by atoms with van der Waals surface area (Å²) < 4.78 is 1.74. The van der Waals surface area contributed by atoms with E-state index in [-0.39, 0.29) is 11.5 Å². The van der Waals surface area contributed by atoms with Crippen LogP contribution < -0.4 is 0 Å². The fraction of sp³-hybridized carbons (Fsp3) is 0.462. The molecule has 1 aliphatic carbocycles. The number of carbonyl (C=O) groups is 2. The number of rotatable bonds is 4. The van der Waals surface area contributed by atoms with Crippen molar-refractivity contribution in [1.82, 2.24) is 14.7 Å². The normalized spacial score (nSPS) is 30.9. The Labute approximate surface area is 115 Å². The highest BCUT2D eigenvalue weighted by Gasteiger charge is 2.67. The number of hydrogen-bond acceptors (Lipinski definition) is 3. The number of carboxylic acids is 1. The molecule has 20 heavy (non-hydrogen) atoms. The molecule has 0 radical (unpaired) electrons. The van der Waals surface area contributed by atoms with Crippen molar-refractivity contribution in [3.63, 3.8) is 0 Å². The van der Waals surface area contributed by atoms with Crippen LogP contribution in [0.2, 0.25) is 0 Å². The van der Waals surface area contributed by atoms with E-state index in [0.29, 0.717) is 19.4 Å². The van der Waals surface area contributed by atoms with Crippen LogP contribution in [0.25, 0.3) is 6.08 Å². The molecule has 0 unspecified atom stereocenters. The monoisotopic (exact) mass is 277 g/mol. The fourth-order valence-corrected chi connectivity index (χ4v) is 3.24. The van der Waals surface area contributed by atoms with E-state index >= 15 is 0 Å². The van der Waals surface area contributed by atoms with E-state index < -0.39 is 18.1 Å². The second-order valence-corrected chi connectivity index (χ2v) is 5.47. The van der Waals surface area contributed by atoms with Gasteiger partial charge in [0.2, 0.25) is 0 Å². The molecular weight excluding hydrogens is 262 g/mol. The van der Waals surface area contributed by atoms with Crippen molar-refractivity contribution >= 4 is 18.1 Å². The van der Waals surface area contributed by atoms with Gasteiger partial charge in [0.05, 0.1) is 5.69 Å². The minimum atomic E-state index is -1.16. The molecule has 0 bridgehead atoms. The summed E-state index contributed by atoms with van der Waals surface area (Å²) in [7, 11) is 0. The van der Waals surface area contributed by atoms with E-state index in [2.05, 4.69) is 11.7 Å². The maximum absolute atomic E-state index is 11.2. The number of amides is 1. The van der Waals surface area contributed by atoms with Crippen molar-refractivity contribution in [2.24, 2.45) is 5.41 Å². The van der Waals surface area contributed by atoms with Crippen molar-refractivity contribution in [3.8, 4) is 0 Å². The summed E-state index contributed by atoms with van der Waals surface area (Å²) in [5, 5.41) is 22.6. The first kappa shape index (κ1) is 12.7. The Morgan fingerprint density at radius 1 is 1.50 bits per heavy atom. The largest absolute Gasteiger partial charge is 0.480 e. The first-order valence-corrected chi connectivity index (χ1v) is 6.37. The van der Waals surface area contributed by atoms with Gasteiger partial charge in [-0.25, -0.2) is 9.59 Å². The van der Waals surface area contributed by atoms with E-state index in [1.54, 1.807) is 17.0 Å². The van der Waals surface area contributed by atoms with Gasteiger partial charge in [-0.3, -0.25) is 9.58 Å². The summed E-state index contributed by atoms with van der Waals surface area (Å²) in [6, 6.07) is 0.665. The predicted molar refractivity (Wildman–Crippen MR) is 69.1 cm³/mol. The Balaban J connectivity index is 1.80. The third-order valence-electron chi connectivity index (χ3n) is 4.27. The quantitative estimate of drug-likeness (QED) is 0.859. The molecule has 0 spiro atoms. The summed E-state index contributed by atoms with van der Waals surface area (Å²) in [5.74, 6) is -1.08. The van der Waals surface area contributed by atoms with Crippen molar-refractivity contribution in [2.75, 3.05) is 0 Å². The number of fused-ring (bicyclic) bond motifs is 1. The van der Waals surface area contributed by atoms with E-state index in [9.17, 15) is 14.7 Å². The van der Waals surface area contributed by atoms with Gasteiger partial charge in [0, 0.05) is 24.2 Å². The first-order valence-electron chi connectivity index (χ1n) is 6.37. The van der Waals surface area contributed by atoms with Gasteiger partial charge in [-0.2, -0.15) is 5.10 Å². The molecule has 2 fully saturated rings. The van der Waals surface area contributed by atoms with Crippen molar-refractivity contribution in [1.29, 1.82) is 0 Å². The predicted octanol–water partition coefficient (Wildman–Crippen LogP) is 1.12. The molecule has 1 saturated heterocycles. The smallest absolute Gasteiger partial charge is 0.408 e. The topological polar surface area (TPSA) is 95.7 Å². The number of likely N-dealkylation sites (tertiary alicyclic amines) is 1. The molecular formula is C13H15N3O4. The molecule has 106 valence electrons. The van der Waals surface area contributed by atoms with Gasteiger partial charge in [0.1, 0.15) is 6.04 Å². The van der Waals surface area contributed by atoms with Crippen molar-refractivity contribution in [2.45, 2.75) is 31.5 Å². The van der Waals surface area contributed by atoms with E-state index in [1.807, 2.05) is 6.07 Å². The van der Waals surface area contributed by atoms with Gasteiger partial charge >= 0.3 is 12.1 Å². The van der Waals surface area contributed by atoms with Crippen LogP contribution in [0.15, 0.2) is 18.8 Å². The highest BCUT2D eigenvalue weighted by Crippen LogP contribution is 2.60. The zero-order valence-corrected chi connectivity index (χ0v) is 10.8. The van der Waals surface area contributed by atoms with Gasteiger partial charge in [0.25, 0.3) is 0 Å². The number of nitrogens with zero attached hydrogens (tertiary/aromatic N) is 3. The third kappa shape index (κ3) is 1.77. The van der Waals surface area contributed by atoms with Crippen LogP contribution in [0.4, 0.5) is 4.79 Å².